The number of hydrogen-bond acceptors (Lipinski definition) is 3. The standard InChI is InChI=1S/C13H10N2O3/c16-13(17)12-4-2-1-3-11(12)9-5-7-10(8-6-9)14-15-18/h1-8H,(H,14,18)(H,16,17). The van der Waals surface area contributed by atoms with Gasteiger partial charge in [-0.2, -0.15) is 0 Å². The molecule has 2 N–H and O–H groups in total. The zero-order valence-corrected chi connectivity index (χ0v) is 9.33. The van der Waals surface area contributed by atoms with Crippen LogP contribution in [-0.4, -0.2) is 11.1 Å². The Balaban J connectivity index is 2.42. The van der Waals surface area contributed by atoms with Crippen LogP contribution >= 0.6 is 0 Å². The Labute approximate surface area is 103 Å². The summed E-state index contributed by atoms with van der Waals surface area (Å²) in [6.07, 6.45) is 0. The van der Waals surface area contributed by atoms with Crippen LogP contribution < -0.4 is 5.43 Å². The molecule has 0 aliphatic rings. The van der Waals surface area contributed by atoms with Gasteiger partial charge >= 0.3 is 5.97 Å². The van der Waals surface area contributed by atoms with E-state index in [1.165, 1.54) is 0 Å². The molecule has 0 aliphatic carbocycles. The predicted molar refractivity (Wildman–Crippen MR) is 68.3 cm³/mol. The minimum Gasteiger partial charge on any atom is -0.478 e. The Kier molecular flexibility index (Phi) is 3.33. The quantitative estimate of drug-likeness (QED) is 0.637. The van der Waals surface area contributed by atoms with Crippen LogP contribution in [-0.2, 0) is 0 Å². The lowest BCUT2D eigenvalue weighted by Crippen LogP contribution is -1.98. The largest absolute Gasteiger partial charge is 0.478 e. The summed E-state index contributed by atoms with van der Waals surface area (Å²) in [4.78, 5) is 21.1. The summed E-state index contributed by atoms with van der Waals surface area (Å²) in [7, 11) is 0. The van der Waals surface area contributed by atoms with Crippen LogP contribution in [0, 0.1) is 4.91 Å². The van der Waals surface area contributed by atoms with Crippen molar-refractivity contribution in [3.8, 4) is 11.1 Å². The molecule has 0 heterocycles. The molecule has 0 aromatic heterocycles. The molecule has 0 spiro atoms. The number of nitrogens with one attached hydrogen (secondary N) is 1. The number of anilines is 1. The van der Waals surface area contributed by atoms with Crippen molar-refractivity contribution in [1.82, 2.24) is 0 Å². The van der Waals surface area contributed by atoms with E-state index in [-0.39, 0.29) is 5.56 Å². The fraction of sp³-hybridized carbons (Fsp3) is 0. The highest BCUT2D eigenvalue weighted by Crippen LogP contribution is 2.25. The second-order valence-electron chi connectivity index (χ2n) is 3.63. The van der Waals surface area contributed by atoms with Gasteiger partial charge in [-0.25, -0.2) is 10.2 Å². The second kappa shape index (κ2) is 5.09. The molecule has 0 bridgehead atoms. The number of hydrogen-bond donors (Lipinski definition) is 2. The van der Waals surface area contributed by atoms with E-state index in [0.717, 1.165) is 5.56 Å². The molecule has 90 valence electrons. The highest BCUT2D eigenvalue weighted by molar-refractivity contribution is 5.96. The van der Waals surface area contributed by atoms with Gasteiger partial charge in [-0.3, -0.25) is 0 Å². The van der Waals surface area contributed by atoms with Gasteiger partial charge in [-0.1, -0.05) is 30.3 Å². The average Bonchev–Trinajstić information content (AvgIpc) is 2.40. The predicted octanol–water partition coefficient (Wildman–Crippen LogP) is 3.15. The van der Waals surface area contributed by atoms with Gasteiger partial charge in [-0.15, -0.1) is 4.91 Å². The topological polar surface area (TPSA) is 78.8 Å². The third-order valence-electron chi connectivity index (χ3n) is 2.53. The Morgan fingerprint density at radius 1 is 1.06 bits per heavy atom. The van der Waals surface area contributed by atoms with Crippen molar-refractivity contribution in [2.75, 3.05) is 5.43 Å². The molecule has 0 amide bonds. The van der Waals surface area contributed by atoms with Crippen molar-refractivity contribution in [2.24, 2.45) is 5.29 Å². The van der Waals surface area contributed by atoms with Gasteiger partial charge in [0.25, 0.3) is 0 Å². The summed E-state index contributed by atoms with van der Waals surface area (Å²) in [6.45, 7) is 0. The fourth-order valence-corrected chi connectivity index (χ4v) is 1.70. The lowest BCUT2D eigenvalue weighted by molar-refractivity contribution is 0.0697. The first kappa shape index (κ1) is 11.8. The first-order valence-electron chi connectivity index (χ1n) is 5.23. The van der Waals surface area contributed by atoms with Gasteiger partial charge in [0.15, 0.2) is 0 Å². The van der Waals surface area contributed by atoms with Crippen LogP contribution in [0.5, 0.6) is 0 Å². The number of carboxylic acid groups (broad SMARTS) is 1. The maximum atomic E-state index is 11.1. The molecule has 0 unspecified atom stereocenters. The zero-order chi connectivity index (χ0) is 13.0. The Bertz CT molecular complexity index is 579. The SMILES string of the molecule is O=NNc1ccc(-c2ccccc2C(=O)O)cc1. The lowest BCUT2D eigenvalue weighted by atomic mass is 10.00. The van der Waals surface area contributed by atoms with Crippen LogP contribution in [0.2, 0.25) is 0 Å². The maximum Gasteiger partial charge on any atom is 0.336 e. The molecule has 0 saturated carbocycles. The second-order valence-corrected chi connectivity index (χ2v) is 3.63. The minimum absolute atomic E-state index is 0.242. The van der Waals surface area contributed by atoms with Crippen molar-refractivity contribution in [2.45, 2.75) is 0 Å². The lowest BCUT2D eigenvalue weighted by Gasteiger charge is -2.06. The molecule has 0 fully saturated rings. The van der Waals surface area contributed by atoms with Gasteiger partial charge in [-0.05, 0) is 29.3 Å². The smallest absolute Gasteiger partial charge is 0.336 e. The highest BCUT2D eigenvalue weighted by atomic mass is 16.4. The van der Waals surface area contributed by atoms with Crippen molar-refractivity contribution in [3.05, 3.63) is 59.0 Å². The van der Waals surface area contributed by atoms with E-state index >= 15 is 0 Å². The molecule has 0 aliphatic heterocycles. The number of nitrogens with zero attached hydrogens (tertiary/aromatic N) is 1. The van der Waals surface area contributed by atoms with Crippen molar-refractivity contribution < 1.29 is 9.90 Å². The third-order valence-corrected chi connectivity index (χ3v) is 2.53. The monoisotopic (exact) mass is 242 g/mol. The molecule has 2 rings (SSSR count). The van der Waals surface area contributed by atoms with Crippen LogP contribution in [0.15, 0.2) is 53.8 Å². The van der Waals surface area contributed by atoms with Gasteiger partial charge < -0.3 is 5.11 Å². The highest BCUT2D eigenvalue weighted by Gasteiger charge is 2.10. The molecule has 5 nitrogen and oxygen atoms in total. The van der Waals surface area contributed by atoms with Crippen LogP contribution in [0.3, 0.4) is 0 Å². The minimum atomic E-state index is -0.970. The summed E-state index contributed by atoms with van der Waals surface area (Å²) < 4.78 is 0. The Morgan fingerprint density at radius 3 is 2.33 bits per heavy atom. The van der Waals surface area contributed by atoms with Gasteiger partial charge in [0.05, 0.1) is 16.5 Å². The summed E-state index contributed by atoms with van der Waals surface area (Å²) >= 11 is 0. The maximum absolute atomic E-state index is 11.1. The Morgan fingerprint density at radius 2 is 1.72 bits per heavy atom. The van der Waals surface area contributed by atoms with Crippen molar-refractivity contribution in [1.29, 1.82) is 0 Å². The number of nitroso groups, excluding NO2 is 1. The van der Waals surface area contributed by atoms with E-state index in [1.54, 1.807) is 48.5 Å². The van der Waals surface area contributed by atoms with Crippen LogP contribution in [0.4, 0.5) is 5.69 Å². The molecule has 2 aromatic rings. The molecule has 0 atom stereocenters. The van der Waals surface area contributed by atoms with E-state index < -0.39 is 5.97 Å². The number of carbonyl (C=O) groups is 1. The van der Waals surface area contributed by atoms with E-state index in [4.69, 9.17) is 5.11 Å². The normalized spacial score (nSPS) is 9.78. The van der Waals surface area contributed by atoms with Gasteiger partial charge in [0, 0.05) is 0 Å². The van der Waals surface area contributed by atoms with Crippen molar-refractivity contribution in [3.63, 3.8) is 0 Å². The molecular weight excluding hydrogens is 232 g/mol. The van der Waals surface area contributed by atoms with Crippen LogP contribution in [0.1, 0.15) is 10.4 Å². The number of aromatic carboxylic acids is 1. The van der Waals surface area contributed by atoms with E-state index in [0.29, 0.717) is 11.3 Å². The molecule has 0 radical (unpaired) electrons. The Hall–Kier alpha value is -2.69. The summed E-state index contributed by atoms with van der Waals surface area (Å²) in [5.41, 5.74) is 4.48. The number of rotatable bonds is 4. The van der Waals surface area contributed by atoms with E-state index in [1.807, 2.05) is 0 Å². The molecule has 0 saturated heterocycles. The van der Waals surface area contributed by atoms with E-state index in [9.17, 15) is 9.70 Å². The molecule has 5 heteroatoms. The van der Waals surface area contributed by atoms with Crippen LogP contribution in [0.25, 0.3) is 11.1 Å². The van der Waals surface area contributed by atoms with Gasteiger partial charge in [0.2, 0.25) is 0 Å². The zero-order valence-electron chi connectivity index (χ0n) is 9.33. The first-order chi connectivity index (χ1) is 8.72. The summed E-state index contributed by atoms with van der Waals surface area (Å²) in [5, 5.41) is 11.7. The van der Waals surface area contributed by atoms with Crippen molar-refractivity contribution >= 4 is 11.7 Å². The average molecular weight is 242 g/mol. The molecule has 2 aromatic carbocycles. The third kappa shape index (κ3) is 2.35. The summed E-state index contributed by atoms with van der Waals surface area (Å²) in [5.74, 6) is -0.970. The van der Waals surface area contributed by atoms with E-state index in [2.05, 4.69) is 10.7 Å². The number of carboxylic acids is 1. The van der Waals surface area contributed by atoms with Gasteiger partial charge in [0.1, 0.15) is 0 Å². The fourth-order valence-electron chi connectivity index (χ4n) is 1.70. The first-order valence-corrected chi connectivity index (χ1v) is 5.23. The molecule has 18 heavy (non-hydrogen) atoms. The molecular formula is C13H10N2O3. The number of benzene rings is 2. The summed E-state index contributed by atoms with van der Waals surface area (Å²) in [6, 6.07) is 13.5.